The smallest absolute Gasteiger partial charge is 0.328 e. The summed E-state index contributed by atoms with van der Waals surface area (Å²) in [5.74, 6) is -1.03. The van der Waals surface area contributed by atoms with Crippen LogP contribution in [0.2, 0.25) is 0 Å². The average molecular weight is 259 g/mol. The first-order chi connectivity index (χ1) is 9.06. The molecular weight excluding hydrogens is 242 g/mol. The van der Waals surface area contributed by atoms with Crippen LogP contribution >= 0.6 is 0 Å². The SMILES string of the molecule is Cc1cc(C(=O)NC2CCC2)ccc1/C=C/C(=O)O. The summed E-state index contributed by atoms with van der Waals surface area (Å²) in [5, 5.41) is 11.6. The number of aliphatic carboxylic acids is 1. The molecule has 1 aromatic carbocycles. The Balaban J connectivity index is 2.09. The highest BCUT2D eigenvalue weighted by Gasteiger charge is 2.20. The Morgan fingerprint density at radius 1 is 1.37 bits per heavy atom. The summed E-state index contributed by atoms with van der Waals surface area (Å²) in [7, 11) is 0. The zero-order valence-electron chi connectivity index (χ0n) is 10.8. The molecule has 2 N–H and O–H groups in total. The fraction of sp³-hybridized carbons (Fsp3) is 0.333. The predicted octanol–water partition coefficient (Wildman–Crippen LogP) is 2.38. The van der Waals surface area contributed by atoms with Crippen molar-refractivity contribution in [2.24, 2.45) is 0 Å². The normalized spacial score (nSPS) is 15.2. The zero-order valence-corrected chi connectivity index (χ0v) is 10.8. The van der Waals surface area contributed by atoms with E-state index >= 15 is 0 Å². The Bertz CT molecular complexity index is 530. The van der Waals surface area contributed by atoms with Crippen molar-refractivity contribution < 1.29 is 14.7 Å². The molecular formula is C15H17NO3. The standard InChI is InChI=1S/C15H17NO3/c1-10-9-12(15(19)16-13-3-2-4-13)6-5-11(10)7-8-14(17)18/h5-9,13H,2-4H2,1H3,(H,16,19)(H,17,18)/b8-7+. The molecule has 4 nitrogen and oxygen atoms in total. The Morgan fingerprint density at radius 3 is 2.63 bits per heavy atom. The average Bonchev–Trinajstić information content (AvgIpc) is 2.31. The molecule has 0 unspecified atom stereocenters. The van der Waals surface area contributed by atoms with Crippen LogP contribution in [0.5, 0.6) is 0 Å². The summed E-state index contributed by atoms with van der Waals surface area (Å²) < 4.78 is 0. The second-order valence-corrected chi connectivity index (χ2v) is 4.84. The lowest BCUT2D eigenvalue weighted by Gasteiger charge is -2.26. The highest BCUT2D eigenvalue weighted by molar-refractivity contribution is 5.95. The monoisotopic (exact) mass is 259 g/mol. The van der Waals surface area contributed by atoms with Crippen molar-refractivity contribution in [2.45, 2.75) is 32.2 Å². The third kappa shape index (κ3) is 3.44. The summed E-state index contributed by atoms with van der Waals surface area (Å²) in [4.78, 5) is 22.4. The van der Waals surface area contributed by atoms with Gasteiger partial charge >= 0.3 is 5.97 Å². The van der Waals surface area contributed by atoms with Gasteiger partial charge in [0, 0.05) is 17.7 Å². The highest BCUT2D eigenvalue weighted by atomic mass is 16.4. The summed E-state index contributed by atoms with van der Waals surface area (Å²) in [5.41, 5.74) is 2.32. The van der Waals surface area contributed by atoms with Crippen molar-refractivity contribution in [3.05, 3.63) is 41.0 Å². The van der Waals surface area contributed by atoms with Gasteiger partial charge in [-0.25, -0.2) is 4.79 Å². The number of aryl methyl sites for hydroxylation is 1. The number of hydrogen-bond acceptors (Lipinski definition) is 2. The first kappa shape index (κ1) is 13.3. The minimum absolute atomic E-state index is 0.0541. The number of nitrogens with one attached hydrogen (secondary N) is 1. The third-order valence-electron chi connectivity index (χ3n) is 3.38. The minimum Gasteiger partial charge on any atom is -0.478 e. The lowest BCUT2D eigenvalue weighted by atomic mass is 9.93. The molecule has 1 amide bonds. The van der Waals surface area contributed by atoms with Crippen LogP contribution < -0.4 is 5.32 Å². The summed E-state index contributed by atoms with van der Waals surface area (Å²) in [6, 6.07) is 5.60. The topological polar surface area (TPSA) is 66.4 Å². The maximum atomic E-state index is 12.0. The molecule has 0 heterocycles. The minimum atomic E-state index is -0.980. The maximum Gasteiger partial charge on any atom is 0.328 e. The van der Waals surface area contributed by atoms with Crippen molar-refractivity contribution in [3.8, 4) is 0 Å². The summed E-state index contributed by atoms with van der Waals surface area (Å²) in [6.45, 7) is 1.86. The van der Waals surface area contributed by atoms with Crippen LogP contribution in [0.1, 0.15) is 40.7 Å². The van der Waals surface area contributed by atoms with Gasteiger partial charge in [-0.15, -0.1) is 0 Å². The van der Waals surface area contributed by atoms with E-state index in [2.05, 4.69) is 5.32 Å². The maximum absolute atomic E-state index is 12.0. The second kappa shape index (κ2) is 5.69. The molecule has 0 bridgehead atoms. The van der Waals surface area contributed by atoms with E-state index in [9.17, 15) is 9.59 Å². The lowest BCUT2D eigenvalue weighted by Crippen LogP contribution is -2.39. The van der Waals surface area contributed by atoms with Crippen LogP contribution in [0.25, 0.3) is 6.08 Å². The van der Waals surface area contributed by atoms with E-state index in [0.29, 0.717) is 11.6 Å². The Hall–Kier alpha value is -2.10. The van der Waals surface area contributed by atoms with Crippen LogP contribution in [0, 0.1) is 6.92 Å². The van der Waals surface area contributed by atoms with Crippen LogP contribution in [0.15, 0.2) is 24.3 Å². The fourth-order valence-electron chi connectivity index (χ4n) is 1.99. The number of carbonyl (C=O) groups is 2. The zero-order chi connectivity index (χ0) is 13.8. The van der Waals surface area contributed by atoms with Crippen molar-refractivity contribution in [2.75, 3.05) is 0 Å². The van der Waals surface area contributed by atoms with Gasteiger partial charge in [0.15, 0.2) is 0 Å². The molecule has 0 aromatic heterocycles. The van der Waals surface area contributed by atoms with Gasteiger partial charge in [-0.2, -0.15) is 0 Å². The van der Waals surface area contributed by atoms with Crippen molar-refractivity contribution in [1.29, 1.82) is 0 Å². The largest absolute Gasteiger partial charge is 0.478 e. The number of carboxylic acids is 1. The molecule has 1 aliphatic rings. The van der Waals surface area contributed by atoms with Crippen molar-refractivity contribution in [1.82, 2.24) is 5.32 Å². The molecule has 1 saturated carbocycles. The summed E-state index contributed by atoms with van der Waals surface area (Å²) >= 11 is 0. The van der Waals surface area contributed by atoms with Gasteiger partial charge in [0.1, 0.15) is 0 Å². The van der Waals surface area contributed by atoms with Gasteiger partial charge < -0.3 is 10.4 Å². The van der Waals surface area contributed by atoms with E-state index in [4.69, 9.17) is 5.11 Å². The Morgan fingerprint density at radius 2 is 2.11 bits per heavy atom. The molecule has 19 heavy (non-hydrogen) atoms. The molecule has 2 rings (SSSR count). The van der Waals surface area contributed by atoms with E-state index in [-0.39, 0.29) is 5.91 Å². The first-order valence-electron chi connectivity index (χ1n) is 6.39. The van der Waals surface area contributed by atoms with Gasteiger partial charge in [-0.05, 0) is 55.5 Å². The second-order valence-electron chi connectivity index (χ2n) is 4.84. The molecule has 0 aliphatic heterocycles. The Kier molecular flexibility index (Phi) is 4.00. The molecule has 1 aromatic rings. The van der Waals surface area contributed by atoms with Gasteiger partial charge in [0.05, 0.1) is 0 Å². The molecule has 0 saturated heterocycles. The van der Waals surface area contributed by atoms with E-state index in [0.717, 1.165) is 30.0 Å². The third-order valence-corrected chi connectivity index (χ3v) is 3.38. The van der Waals surface area contributed by atoms with Crippen LogP contribution in [-0.4, -0.2) is 23.0 Å². The first-order valence-corrected chi connectivity index (χ1v) is 6.39. The number of rotatable bonds is 4. The van der Waals surface area contributed by atoms with Crippen molar-refractivity contribution >= 4 is 18.0 Å². The van der Waals surface area contributed by atoms with Crippen molar-refractivity contribution in [3.63, 3.8) is 0 Å². The van der Waals surface area contributed by atoms with Crippen LogP contribution in [0.3, 0.4) is 0 Å². The van der Waals surface area contributed by atoms with Crippen LogP contribution in [0.4, 0.5) is 0 Å². The quantitative estimate of drug-likeness (QED) is 0.816. The molecule has 0 atom stereocenters. The van der Waals surface area contributed by atoms with E-state index in [1.807, 2.05) is 6.92 Å². The summed E-state index contributed by atoms with van der Waals surface area (Å²) in [6.07, 6.45) is 5.93. The van der Waals surface area contributed by atoms with Gasteiger partial charge in [-0.1, -0.05) is 6.07 Å². The Labute approximate surface area is 112 Å². The molecule has 100 valence electrons. The molecule has 1 aliphatic carbocycles. The number of carboxylic acid groups (broad SMARTS) is 1. The van der Waals surface area contributed by atoms with Gasteiger partial charge in [0.2, 0.25) is 0 Å². The number of benzene rings is 1. The fourth-order valence-corrected chi connectivity index (χ4v) is 1.99. The van der Waals surface area contributed by atoms with E-state index in [1.165, 1.54) is 12.5 Å². The van der Waals surface area contributed by atoms with E-state index < -0.39 is 5.97 Å². The number of carbonyl (C=O) groups excluding carboxylic acids is 1. The molecule has 0 radical (unpaired) electrons. The van der Waals surface area contributed by atoms with Gasteiger partial charge in [0.25, 0.3) is 5.91 Å². The van der Waals surface area contributed by atoms with Crippen LogP contribution in [-0.2, 0) is 4.79 Å². The van der Waals surface area contributed by atoms with Gasteiger partial charge in [-0.3, -0.25) is 4.79 Å². The van der Waals surface area contributed by atoms with E-state index in [1.54, 1.807) is 18.2 Å². The molecule has 0 spiro atoms. The number of hydrogen-bond donors (Lipinski definition) is 2. The highest BCUT2D eigenvalue weighted by Crippen LogP contribution is 2.19. The lowest BCUT2D eigenvalue weighted by molar-refractivity contribution is -0.131. The number of amides is 1. The molecule has 1 fully saturated rings. The molecule has 4 heteroatoms. The predicted molar refractivity (Wildman–Crippen MR) is 73.0 cm³/mol.